The van der Waals surface area contributed by atoms with Crippen molar-refractivity contribution in [3.63, 3.8) is 0 Å². The van der Waals surface area contributed by atoms with Crippen LogP contribution in [0.5, 0.6) is 0 Å². The number of amides is 4. The maximum Gasteiger partial charge on any atom is 0.289 e. The Morgan fingerprint density at radius 3 is 2.43 bits per heavy atom. The second kappa shape index (κ2) is 11.1. The average molecular weight is 522 g/mol. The first-order chi connectivity index (χ1) is 16.8. The fraction of sp³-hybridized carbons (Fsp3) is 0.391. The van der Waals surface area contributed by atoms with Crippen LogP contribution in [0.2, 0.25) is 10.0 Å². The second-order valence-electron chi connectivity index (χ2n) is 8.35. The molecule has 1 atom stereocenters. The lowest BCUT2D eigenvalue weighted by Crippen LogP contribution is -2.60. The van der Waals surface area contributed by atoms with E-state index >= 15 is 0 Å². The van der Waals surface area contributed by atoms with Gasteiger partial charge in [0.15, 0.2) is 5.76 Å². The number of rotatable bonds is 6. The number of benzene rings is 1. The zero-order valence-corrected chi connectivity index (χ0v) is 20.3. The normalized spacial score (nSPS) is 18.8. The van der Waals surface area contributed by atoms with E-state index in [0.717, 1.165) is 0 Å². The largest absolute Gasteiger partial charge is 0.459 e. The second-order valence-corrected chi connectivity index (χ2v) is 9.22. The predicted molar refractivity (Wildman–Crippen MR) is 129 cm³/mol. The fourth-order valence-electron chi connectivity index (χ4n) is 4.18. The highest BCUT2D eigenvalue weighted by atomic mass is 35.5. The molecule has 186 valence electrons. The van der Waals surface area contributed by atoms with Gasteiger partial charge >= 0.3 is 0 Å². The zero-order valence-electron chi connectivity index (χ0n) is 18.8. The molecule has 0 bridgehead atoms. The van der Waals surface area contributed by atoms with E-state index in [2.05, 4.69) is 10.6 Å². The van der Waals surface area contributed by atoms with Gasteiger partial charge in [0.2, 0.25) is 17.7 Å². The van der Waals surface area contributed by atoms with Crippen LogP contribution in [-0.4, -0.2) is 90.2 Å². The molecule has 1 aromatic carbocycles. The third-order valence-corrected chi connectivity index (χ3v) is 6.36. The molecule has 0 spiro atoms. The first-order valence-corrected chi connectivity index (χ1v) is 11.9. The monoisotopic (exact) mass is 521 g/mol. The highest BCUT2D eigenvalue weighted by molar-refractivity contribution is 6.35. The van der Waals surface area contributed by atoms with Gasteiger partial charge in [-0.2, -0.15) is 0 Å². The van der Waals surface area contributed by atoms with Crippen molar-refractivity contribution in [2.45, 2.75) is 12.5 Å². The summed E-state index contributed by atoms with van der Waals surface area (Å²) in [6, 6.07) is 7.00. The molecule has 2 fully saturated rings. The standard InChI is InChI=1S/C23H25Cl2N5O5/c24-15-10-16(25)12-17(11-15)27-20(31)13-18-22(33)26-3-4-30(18)21(32)14-28-5-7-29(8-6-28)23(34)19-2-1-9-35-19/h1-2,9-12,18H,3-8,13-14H2,(H,26,33)(H,27,31)/t18-/m0/s1. The minimum Gasteiger partial charge on any atom is -0.459 e. The summed E-state index contributed by atoms with van der Waals surface area (Å²) in [5.74, 6) is -0.948. The van der Waals surface area contributed by atoms with Crippen molar-refractivity contribution in [3.05, 3.63) is 52.4 Å². The molecule has 0 saturated carbocycles. The Morgan fingerprint density at radius 1 is 1.06 bits per heavy atom. The third kappa shape index (κ3) is 6.33. The molecule has 2 saturated heterocycles. The summed E-state index contributed by atoms with van der Waals surface area (Å²) in [6.07, 6.45) is 1.25. The lowest BCUT2D eigenvalue weighted by atomic mass is 10.1. The molecule has 4 amide bonds. The summed E-state index contributed by atoms with van der Waals surface area (Å²) in [7, 11) is 0. The maximum atomic E-state index is 13.1. The number of halogens is 2. The first-order valence-electron chi connectivity index (χ1n) is 11.2. The Morgan fingerprint density at radius 2 is 1.77 bits per heavy atom. The molecule has 0 unspecified atom stereocenters. The van der Waals surface area contributed by atoms with E-state index < -0.39 is 11.9 Å². The smallest absolute Gasteiger partial charge is 0.289 e. The number of carbonyl (C=O) groups is 4. The first kappa shape index (κ1) is 25.0. The Bertz CT molecular complexity index is 1080. The van der Waals surface area contributed by atoms with Gasteiger partial charge in [0.05, 0.1) is 19.2 Å². The lowest BCUT2D eigenvalue weighted by molar-refractivity contribution is -0.145. The van der Waals surface area contributed by atoms with Crippen LogP contribution in [-0.2, 0) is 14.4 Å². The summed E-state index contributed by atoms with van der Waals surface area (Å²) in [5.41, 5.74) is 0.406. The van der Waals surface area contributed by atoms with E-state index in [1.54, 1.807) is 35.2 Å². The molecule has 1 aromatic heterocycles. The number of hydrogen-bond donors (Lipinski definition) is 2. The summed E-state index contributed by atoms with van der Waals surface area (Å²) in [6.45, 7) is 2.67. The van der Waals surface area contributed by atoms with Crippen molar-refractivity contribution in [1.82, 2.24) is 20.0 Å². The van der Waals surface area contributed by atoms with Gasteiger partial charge in [0, 0.05) is 55.0 Å². The van der Waals surface area contributed by atoms with Crippen molar-refractivity contribution >= 4 is 52.5 Å². The van der Waals surface area contributed by atoms with Crippen LogP contribution in [0.25, 0.3) is 0 Å². The van der Waals surface area contributed by atoms with Crippen LogP contribution in [0.1, 0.15) is 17.0 Å². The van der Waals surface area contributed by atoms with Gasteiger partial charge in [0.25, 0.3) is 5.91 Å². The fourth-order valence-corrected chi connectivity index (χ4v) is 4.70. The van der Waals surface area contributed by atoms with E-state index in [1.807, 2.05) is 4.90 Å². The van der Waals surface area contributed by atoms with Gasteiger partial charge in [-0.1, -0.05) is 23.2 Å². The molecule has 2 aromatic rings. The van der Waals surface area contributed by atoms with Crippen molar-refractivity contribution in [1.29, 1.82) is 0 Å². The number of nitrogens with one attached hydrogen (secondary N) is 2. The van der Waals surface area contributed by atoms with Crippen LogP contribution >= 0.6 is 23.2 Å². The summed E-state index contributed by atoms with van der Waals surface area (Å²) in [4.78, 5) is 55.8. The van der Waals surface area contributed by atoms with E-state index in [4.69, 9.17) is 27.6 Å². The summed E-state index contributed by atoms with van der Waals surface area (Å²) in [5, 5.41) is 6.13. The number of anilines is 1. The summed E-state index contributed by atoms with van der Waals surface area (Å²) < 4.78 is 5.17. The molecule has 0 radical (unpaired) electrons. The van der Waals surface area contributed by atoms with Gasteiger partial charge in [-0.25, -0.2) is 0 Å². The molecule has 10 nitrogen and oxygen atoms in total. The molecule has 35 heavy (non-hydrogen) atoms. The number of nitrogens with zero attached hydrogens (tertiary/aromatic N) is 3. The molecule has 4 rings (SSSR count). The molecule has 3 heterocycles. The van der Waals surface area contributed by atoms with Crippen LogP contribution in [0.3, 0.4) is 0 Å². The van der Waals surface area contributed by atoms with Gasteiger partial charge < -0.3 is 24.9 Å². The Balaban J connectivity index is 1.32. The summed E-state index contributed by atoms with van der Waals surface area (Å²) >= 11 is 11.9. The van der Waals surface area contributed by atoms with Crippen molar-refractivity contribution in [3.8, 4) is 0 Å². The third-order valence-electron chi connectivity index (χ3n) is 5.93. The van der Waals surface area contributed by atoms with Gasteiger partial charge in [-0.05, 0) is 30.3 Å². The SMILES string of the molecule is O=C(C[C@H]1C(=O)NCCN1C(=O)CN1CCN(C(=O)c2ccco2)CC1)Nc1cc(Cl)cc(Cl)c1. The Kier molecular flexibility index (Phi) is 7.94. The average Bonchev–Trinajstić information content (AvgIpc) is 3.34. The van der Waals surface area contributed by atoms with Crippen molar-refractivity contribution < 1.29 is 23.6 Å². The minimum absolute atomic E-state index is 0.0953. The minimum atomic E-state index is -0.923. The van der Waals surface area contributed by atoms with E-state index in [-0.39, 0.29) is 36.4 Å². The molecule has 2 aliphatic heterocycles. The van der Waals surface area contributed by atoms with Gasteiger partial charge in [-0.15, -0.1) is 0 Å². The predicted octanol–water partition coefficient (Wildman–Crippen LogP) is 1.70. The maximum absolute atomic E-state index is 13.1. The zero-order chi connectivity index (χ0) is 24.9. The number of piperazine rings is 2. The Labute approximate surface area is 212 Å². The molecule has 12 heteroatoms. The highest BCUT2D eigenvalue weighted by Gasteiger charge is 2.35. The number of carbonyl (C=O) groups excluding carboxylic acids is 4. The quantitative estimate of drug-likeness (QED) is 0.597. The topological polar surface area (TPSA) is 115 Å². The van der Waals surface area contributed by atoms with E-state index in [1.165, 1.54) is 11.2 Å². The van der Waals surface area contributed by atoms with E-state index in [9.17, 15) is 19.2 Å². The van der Waals surface area contributed by atoms with Crippen LogP contribution in [0.4, 0.5) is 5.69 Å². The molecular formula is C23H25Cl2N5O5. The number of hydrogen-bond acceptors (Lipinski definition) is 6. The van der Waals surface area contributed by atoms with Gasteiger partial charge in [-0.3, -0.25) is 24.1 Å². The highest BCUT2D eigenvalue weighted by Crippen LogP contribution is 2.23. The van der Waals surface area contributed by atoms with Crippen LogP contribution < -0.4 is 10.6 Å². The number of furan rings is 1. The van der Waals surface area contributed by atoms with Gasteiger partial charge in [0.1, 0.15) is 6.04 Å². The van der Waals surface area contributed by atoms with Crippen molar-refractivity contribution in [2.24, 2.45) is 0 Å². The molecular weight excluding hydrogens is 497 g/mol. The lowest BCUT2D eigenvalue weighted by Gasteiger charge is -2.38. The molecule has 2 aliphatic rings. The molecule has 0 aliphatic carbocycles. The molecule has 2 N–H and O–H groups in total. The van der Waals surface area contributed by atoms with Crippen LogP contribution in [0.15, 0.2) is 41.0 Å². The van der Waals surface area contributed by atoms with Crippen LogP contribution in [0, 0.1) is 0 Å². The van der Waals surface area contributed by atoms with Crippen molar-refractivity contribution in [2.75, 3.05) is 51.1 Å². The Hall–Kier alpha value is -3.08. The van der Waals surface area contributed by atoms with E-state index in [0.29, 0.717) is 55.0 Å².